The van der Waals surface area contributed by atoms with Crippen molar-refractivity contribution in [2.24, 2.45) is 0 Å². The molecule has 0 aliphatic heterocycles. The lowest BCUT2D eigenvalue weighted by atomic mass is 10.1. The molecule has 0 N–H and O–H groups in total. The summed E-state index contributed by atoms with van der Waals surface area (Å²) in [5.74, 6) is 0.710. The van der Waals surface area contributed by atoms with Gasteiger partial charge in [-0.25, -0.2) is 4.79 Å². The van der Waals surface area contributed by atoms with Crippen LogP contribution in [0.3, 0.4) is 0 Å². The molecule has 0 atom stereocenters. The van der Waals surface area contributed by atoms with Gasteiger partial charge < -0.3 is 18.6 Å². The zero-order valence-corrected chi connectivity index (χ0v) is 17.2. The molecule has 0 radical (unpaired) electrons. The maximum atomic E-state index is 12.6. The number of carbonyl (C=O) groups is 2. The molecule has 0 saturated heterocycles. The highest BCUT2D eigenvalue weighted by atomic mass is 16.5. The lowest BCUT2D eigenvalue weighted by molar-refractivity contribution is 0.0474. The summed E-state index contributed by atoms with van der Waals surface area (Å²) in [4.78, 5) is 28.9. The first-order chi connectivity index (χ1) is 14.4. The minimum Gasteiger partial charge on any atom is -0.485 e. The predicted octanol–water partition coefficient (Wildman–Crippen LogP) is 3.75. The van der Waals surface area contributed by atoms with Gasteiger partial charge >= 0.3 is 5.97 Å². The second-order valence-electron chi connectivity index (χ2n) is 7.43. The Morgan fingerprint density at radius 1 is 1.17 bits per heavy atom. The third-order valence-electron chi connectivity index (χ3n) is 5.06. The molecule has 4 rings (SSSR count). The second-order valence-corrected chi connectivity index (χ2v) is 7.43. The fourth-order valence-electron chi connectivity index (χ4n) is 3.48. The molecule has 2 heterocycles. The van der Waals surface area contributed by atoms with Crippen LogP contribution in [-0.4, -0.2) is 33.1 Å². The SMILES string of the molecule is Cc1nc(COc2ccc(C(=O)OCC(=O)c3cc(C)n(C4CC4)c3C)cc2)no1. The van der Waals surface area contributed by atoms with Gasteiger partial charge in [0, 0.05) is 29.9 Å². The normalized spacial score (nSPS) is 13.3. The van der Waals surface area contributed by atoms with Crippen LogP contribution < -0.4 is 4.74 Å². The van der Waals surface area contributed by atoms with Crippen LogP contribution in [0.2, 0.25) is 0 Å². The number of rotatable bonds is 8. The summed E-state index contributed by atoms with van der Waals surface area (Å²) in [5, 5.41) is 3.75. The fraction of sp³-hybridized carbons (Fsp3) is 0.364. The number of hydrogen-bond acceptors (Lipinski definition) is 7. The molecule has 0 amide bonds. The summed E-state index contributed by atoms with van der Waals surface area (Å²) in [6.45, 7) is 5.51. The maximum Gasteiger partial charge on any atom is 0.338 e. The highest BCUT2D eigenvalue weighted by Crippen LogP contribution is 2.38. The molecule has 3 aromatic rings. The Morgan fingerprint density at radius 3 is 2.53 bits per heavy atom. The van der Waals surface area contributed by atoms with Crippen LogP contribution >= 0.6 is 0 Å². The van der Waals surface area contributed by atoms with E-state index in [0.29, 0.717) is 34.6 Å². The Labute approximate surface area is 173 Å². The minimum atomic E-state index is -0.556. The van der Waals surface area contributed by atoms with Crippen molar-refractivity contribution in [3.63, 3.8) is 0 Å². The van der Waals surface area contributed by atoms with Crippen LogP contribution in [0.15, 0.2) is 34.9 Å². The number of ketones is 1. The predicted molar refractivity (Wildman–Crippen MR) is 107 cm³/mol. The van der Waals surface area contributed by atoms with Gasteiger partial charge in [-0.15, -0.1) is 0 Å². The first-order valence-electron chi connectivity index (χ1n) is 9.83. The average molecular weight is 409 g/mol. The summed E-state index contributed by atoms with van der Waals surface area (Å²) < 4.78 is 17.9. The van der Waals surface area contributed by atoms with Gasteiger partial charge in [-0.3, -0.25) is 4.79 Å². The molecule has 1 fully saturated rings. The summed E-state index contributed by atoms with van der Waals surface area (Å²) in [5.41, 5.74) is 2.97. The number of hydrogen-bond donors (Lipinski definition) is 0. The van der Waals surface area contributed by atoms with E-state index in [0.717, 1.165) is 24.2 Å². The molecule has 8 nitrogen and oxygen atoms in total. The monoisotopic (exact) mass is 409 g/mol. The lowest BCUT2D eigenvalue weighted by Gasteiger charge is -2.08. The minimum absolute atomic E-state index is 0.162. The van der Waals surface area contributed by atoms with Gasteiger partial charge in [-0.1, -0.05) is 5.16 Å². The number of benzene rings is 1. The molecule has 0 bridgehead atoms. The van der Waals surface area contributed by atoms with Crippen molar-refractivity contribution in [2.75, 3.05) is 6.61 Å². The number of ether oxygens (including phenoxy) is 2. The molecule has 0 unspecified atom stereocenters. The summed E-state index contributed by atoms with van der Waals surface area (Å²) in [7, 11) is 0. The van der Waals surface area contributed by atoms with Crippen LogP contribution in [0, 0.1) is 20.8 Å². The molecule has 0 spiro atoms. The topological polar surface area (TPSA) is 96.5 Å². The van der Waals surface area contributed by atoms with E-state index in [4.69, 9.17) is 14.0 Å². The van der Waals surface area contributed by atoms with E-state index in [2.05, 4.69) is 14.7 Å². The highest BCUT2D eigenvalue weighted by Gasteiger charge is 2.28. The van der Waals surface area contributed by atoms with E-state index in [-0.39, 0.29) is 19.0 Å². The van der Waals surface area contributed by atoms with E-state index >= 15 is 0 Å². The van der Waals surface area contributed by atoms with Gasteiger partial charge in [0.1, 0.15) is 5.75 Å². The quantitative estimate of drug-likeness (QED) is 0.413. The lowest BCUT2D eigenvalue weighted by Crippen LogP contribution is -2.15. The van der Waals surface area contributed by atoms with Crippen LogP contribution in [0.25, 0.3) is 0 Å². The first-order valence-corrected chi connectivity index (χ1v) is 9.83. The Hall–Kier alpha value is -3.42. The van der Waals surface area contributed by atoms with Crippen LogP contribution in [0.5, 0.6) is 5.75 Å². The third kappa shape index (κ3) is 4.27. The van der Waals surface area contributed by atoms with Crippen LogP contribution in [0.4, 0.5) is 0 Å². The molecule has 2 aromatic heterocycles. The number of esters is 1. The van der Waals surface area contributed by atoms with E-state index in [9.17, 15) is 9.59 Å². The van der Waals surface area contributed by atoms with Crippen molar-refractivity contribution >= 4 is 11.8 Å². The number of Topliss-reactive ketones (excluding diaryl/α,β-unsaturated/α-hetero) is 1. The highest BCUT2D eigenvalue weighted by molar-refractivity contribution is 6.00. The number of nitrogens with zero attached hydrogens (tertiary/aromatic N) is 3. The van der Waals surface area contributed by atoms with Crippen molar-refractivity contribution in [3.05, 3.63) is 64.6 Å². The smallest absolute Gasteiger partial charge is 0.338 e. The van der Waals surface area contributed by atoms with Gasteiger partial charge in [0.2, 0.25) is 17.5 Å². The summed E-state index contributed by atoms with van der Waals surface area (Å²) >= 11 is 0. The number of carbonyl (C=O) groups excluding carboxylic acids is 2. The molecular formula is C22H23N3O5. The van der Waals surface area contributed by atoms with E-state index in [1.54, 1.807) is 31.2 Å². The van der Waals surface area contributed by atoms with Crippen molar-refractivity contribution in [1.82, 2.24) is 14.7 Å². The van der Waals surface area contributed by atoms with Crippen molar-refractivity contribution in [2.45, 2.75) is 46.3 Å². The fourth-order valence-corrected chi connectivity index (χ4v) is 3.48. The Bertz CT molecular complexity index is 1080. The van der Waals surface area contributed by atoms with Crippen molar-refractivity contribution in [3.8, 4) is 5.75 Å². The molecule has 1 aromatic carbocycles. The molecular weight excluding hydrogens is 386 g/mol. The van der Waals surface area contributed by atoms with Crippen LogP contribution in [-0.2, 0) is 11.3 Å². The number of aryl methyl sites for hydroxylation is 2. The molecule has 30 heavy (non-hydrogen) atoms. The van der Waals surface area contributed by atoms with Crippen molar-refractivity contribution < 1.29 is 23.6 Å². The molecule has 8 heteroatoms. The molecule has 1 saturated carbocycles. The zero-order valence-electron chi connectivity index (χ0n) is 17.2. The van der Waals surface area contributed by atoms with Crippen molar-refractivity contribution in [1.29, 1.82) is 0 Å². The van der Waals surface area contributed by atoms with Gasteiger partial charge in [0.05, 0.1) is 5.56 Å². The Morgan fingerprint density at radius 2 is 1.90 bits per heavy atom. The summed E-state index contributed by atoms with van der Waals surface area (Å²) in [6.07, 6.45) is 2.29. The molecule has 1 aliphatic carbocycles. The average Bonchev–Trinajstić information content (AvgIpc) is 3.41. The second kappa shape index (κ2) is 8.14. The largest absolute Gasteiger partial charge is 0.485 e. The van der Waals surface area contributed by atoms with Gasteiger partial charge in [0.25, 0.3) is 0 Å². The van der Waals surface area contributed by atoms with E-state index in [1.807, 2.05) is 19.9 Å². The summed E-state index contributed by atoms with van der Waals surface area (Å²) in [6, 6.07) is 8.84. The standard InChI is InChI=1S/C22H23N3O5/c1-13-10-19(14(2)25(13)17-6-7-17)20(26)11-29-22(27)16-4-8-18(9-5-16)28-12-21-23-15(3)30-24-21/h4-5,8-10,17H,6-7,11-12H2,1-3H3. The van der Waals surface area contributed by atoms with E-state index in [1.165, 1.54) is 0 Å². The third-order valence-corrected chi connectivity index (χ3v) is 5.06. The molecule has 156 valence electrons. The molecule has 1 aliphatic rings. The zero-order chi connectivity index (χ0) is 21.3. The Balaban J connectivity index is 1.31. The first kappa shape index (κ1) is 19.9. The Kier molecular flexibility index (Phi) is 5.39. The van der Waals surface area contributed by atoms with Gasteiger partial charge in [-0.05, 0) is 57.0 Å². The maximum absolute atomic E-state index is 12.6. The van der Waals surface area contributed by atoms with Gasteiger partial charge in [-0.2, -0.15) is 4.98 Å². The number of aromatic nitrogens is 3. The van der Waals surface area contributed by atoms with Crippen LogP contribution in [0.1, 0.15) is 62.7 Å². The van der Waals surface area contributed by atoms with Gasteiger partial charge in [0.15, 0.2) is 13.2 Å². The van der Waals surface area contributed by atoms with E-state index < -0.39 is 5.97 Å².